The first-order valence-electron chi connectivity index (χ1n) is 26.8. The number of para-hydroxylation sites is 3. The molecule has 10 aromatic carbocycles. The molecule has 0 saturated heterocycles. The lowest BCUT2D eigenvalue weighted by Crippen LogP contribution is -2.53. The van der Waals surface area contributed by atoms with E-state index in [4.69, 9.17) is 0 Å². The third-order valence-corrected chi connectivity index (χ3v) is 18.1. The van der Waals surface area contributed by atoms with Gasteiger partial charge in [-0.1, -0.05) is 182 Å². The monoisotopic (exact) mass is 936 g/mol. The SMILES string of the molecule is c1ccc(-c2ccccc2-c2ccccc2-c2ccccc2N(c2ccc(-c3ccc4c(c3)c3ccccc3n4-c3ccccc3)cc2)c2ccc3c(c2)C2(c4ccccc4-3)C3CCC4CCC2CC4C3)cc1. The predicted octanol–water partition coefficient (Wildman–Crippen LogP) is 19.0. The fraction of sp³-hybridized carbons (Fsp3) is 0.155. The number of benzene rings is 10. The fourth-order valence-corrected chi connectivity index (χ4v) is 15.1. The third kappa shape index (κ3) is 6.56. The molecule has 0 N–H and O–H groups in total. The molecule has 4 aliphatic carbocycles. The number of fused-ring (bicyclic) bond motifs is 12. The van der Waals surface area contributed by atoms with E-state index in [0.717, 1.165) is 17.5 Å². The van der Waals surface area contributed by atoms with Crippen LogP contribution < -0.4 is 4.90 Å². The number of rotatable bonds is 8. The quantitative estimate of drug-likeness (QED) is 0.147. The maximum Gasteiger partial charge on any atom is 0.0541 e. The van der Waals surface area contributed by atoms with Crippen LogP contribution in [0.25, 0.3) is 83.1 Å². The molecule has 0 aliphatic heterocycles. The van der Waals surface area contributed by atoms with E-state index in [1.165, 1.54) is 133 Å². The highest BCUT2D eigenvalue weighted by Crippen LogP contribution is 2.68. The topological polar surface area (TPSA) is 8.17 Å². The van der Waals surface area contributed by atoms with E-state index >= 15 is 0 Å². The zero-order chi connectivity index (χ0) is 48.0. The van der Waals surface area contributed by atoms with Gasteiger partial charge in [-0.15, -0.1) is 0 Å². The van der Waals surface area contributed by atoms with Crippen molar-refractivity contribution < 1.29 is 0 Å². The van der Waals surface area contributed by atoms with E-state index in [0.29, 0.717) is 11.8 Å². The van der Waals surface area contributed by atoms with Crippen molar-refractivity contribution in [3.63, 3.8) is 0 Å². The smallest absolute Gasteiger partial charge is 0.0541 e. The Hall–Kier alpha value is -8.20. The standard InChI is InChI=1S/C71H56N2/c1-3-17-49(18-4-1)57-21-7-8-22-58(57)59-23-9-10-24-60(59)63-26-12-15-29-68(63)72(56-40-41-62-61-25-11-14-28-66(61)71(67(62)46-56)52-36-31-48-32-37-53(71)44-51(48)43-52)55-38-33-47(34-39-55)50-35-42-70-65(45-50)64-27-13-16-30-69(64)73(70)54-19-5-2-6-20-54/h1-30,33-35,38-42,45-46,48,51-53H,31-32,36-37,43-44H2. The molecule has 2 nitrogen and oxygen atoms in total. The Morgan fingerprint density at radius 3 is 1.64 bits per heavy atom. The molecule has 2 unspecified atom stereocenters. The van der Waals surface area contributed by atoms with Crippen LogP contribution in [0, 0.1) is 23.7 Å². The Labute approximate surface area is 428 Å². The molecule has 1 aromatic heterocycles. The number of nitrogens with zero attached hydrogens (tertiary/aromatic N) is 2. The van der Waals surface area contributed by atoms with E-state index in [-0.39, 0.29) is 5.41 Å². The van der Waals surface area contributed by atoms with Crippen LogP contribution in [0.5, 0.6) is 0 Å². The second kappa shape index (κ2) is 17.0. The van der Waals surface area contributed by atoms with Crippen molar-refractivity contribution in [1.82, 2.24) is 4.57 Å². The average Bonchev–Trinajstić information content (AvgIpc) is 3.95. The molecular weight excluding hydrogens is 881 g/mol. The minimum absolute atomic E-state index is 0.0366. The molecule has 15 rings (SSSR count). The van der Waals surface area contributed by atoms with Gasteiger partial charge in [-0.2, -0.15) is 0 Å². The number of hydrogen-bond acceptors (Lipinski definition) is 1. The van der Waals surface area contributed by atoms with E-state index in [9.17, 15) is 0 Å². The zero-order valence-electron chi connectivity index (χ0n) is 41.0. The first kappa shape index (κ1) is 42.5. The Kier molecular flexibility index (Phi) is 9.87. The summed E-state index contributed by atoms with van der Waals surface area (Å²) in [6.07, 6.45) is 8.19. The van der Waals surface area contributed by atoms with Crippen LogP contribution in [0.2, 0.25) is 0 Å². The van der Waals surface area contributed by atoms with Crippen molar-refractivity contribution in [3.05, 3.63) is 254 Å². The van der Waals surface area contributed by atoms with E-state index in [2.05, 4.69) is 252 Å². The minimum Gasteiger partial charge on any atom is -0.310 e. The Morgan fingerprint density at radius 1 is 0.342 bits per heavy atom. The molecule has 3 saturated carbocycles. The predicted molar refractivity (Wildman–Crippen MR) is 305 cm³/mol. The lowest BCUT2D eigenvalue weighted by molar-refractivity contribution is -0.0227. The first-order valence-corrected chi connectivity index (χ1v) is 26.8. The Bertz CT molecular complexity index is 3880. The first-order chi connectivity index (χ1) is 36.2. The molecule has 1 heterocycles. The maximum absolute atomic E-state index is 2.66. The Morgan fingerprint density at radius 2 is 0.890 bits per heavy atom. The largest absolute Gasteiger partial charge is 0.310 e. The maximum atomic E-state index is 2.66. The fourth-order valence-electron chi connectivity index (χ4n) is 15.1. The highest BCUT2D eigenvalue weighted by molar-refractivity contribution is 6.10. The summed E-state index contributed by atoms with van der Waals surface area (Å²) in [5.41, 5.74) is 23.0. The molecule has 0 amide bonds. The van der Waals surface area contributed by atoms with Crippen molar-refractivity contribution >= 4 is 38.9 Å². The molecule has 2 heteroatoms. The summed E-state index contributed by atoms with van der Waals surface area (Å²) < 4.78 is 2.40. The van der Waals surface area contributed by atoms with Crippen LogP contribution in [-0.4, -0.2) is 4.57 Å². The molecule has 0 radical (unpaired) electrons. The second-order valence-corrected chi connectivity index (χ2v) is 21.5. The van der Waals surface area contributed by atoms with Gasteiger partial charge >= 0.3 is 0 Å². The van der Waals surface area contributed by atoms with Gasteiger partial charge in [-0.05, 0) is 184 Å². The van der Waals surface area contributed by atoms with Crippen molar-refractivity contribution in [3.8, 4) is 61.3 Å². The van der Waals surface area contributed by atoms with Crippen LogP contribution in [0.1, 0.15) is 49.7 Å². The number of anilines is 3. The zero-order valence-corrected chi connectivity index (χ0v) is 41.0. The normalized spacial score (nSPS) is 20.3. The van der Waals surface area contributed by atoms with Gasteiger partial charge < -0.3 is 9.47 Å². The van der Waals surface area contributed by atoms with Gasteiger partial charge in [0, 0.05) is 38.8 Å². The second-order valence-electron chi connectivity index (χ2n) is 21.5. The molecule has 1 spiro atoms. The Balaban J connectivity index is 0.911. The van der Waals surface area contributed by atoms with Gasteiger partial charge in [-0.25, -0.2) is 0 Å². The van der Waals surface area contributed by atoms with Crippen LogP contribution in [0.4, 0.5) is 17.1 Å². The summed E-state index contributed by atoms with van der Waals surface area (Å²) in [5.74, 6) is 3.16. The third-order valence-electron chi connectivity index (χ3n) is 18.1. The van der Waals surface area contributed by atoms with Gasteiger partial charge in [0.2, 0.25) is 0 Å². The van der Waals surface area contributed by atoms with Gasteiger partial charge in [-0.3, -0.25) is 0 Å². The minimum atomic E-state index is 0.0366. The highest BCUT2D eigenvalue weighted by atomic mass is 15.1. The molecule has 4 aliphatic rings. The molecule has 11 aromatic rings. The number of aromatic nitrogens is 1. The van der Waals surface area contributed by atoms with Gasteiger partial charge in [0.15, 0.2) is 0 Å². The van der Waals surface area contributed by atoms with Crippen molar-refractivity contribution in [2.45, 2.75) is 43.9 Å². The van der Waals surface area contributed by atoms with Crippen LogP contribution >= 0.6 is 0 Å². The lowest BCUT2D eigenvalue weighted by atomic mass is 9.45. The summed E-state index contributed by atoms with van der Waals surface area (Å²) in [7, 11) is 0. The average molecular weight is 937 g/mol. The summed E-state index contributed by atoms with van der Waals surface area (Å²) in [5, 5.41) is 2.53. The van der Waals surface area contributed by atoms with Crippen LogP contribution in [-0.2, 0) is 5.41 Å². The van der Waals surface area contributed by atoms with Gasteiger partial charge in [0.1, 0.15) is 0 Å². The molecule has 350 valence electrons. The van der Waals surface area contributed by atoms with E-state index in [1.807, 2.05) is 0 Å². The number of hydrogen-bond donors (Lipinski definition) is 0. The lowest BCUT2D eigenvalue weighted by Gasteiger charge is -2.59. The summed E-state index contributed by atoms with van der Waals surface area (Å²) in [6, 6.07) is 91.1. The van der Waals surface area contributed by atoms with Crippen molar-refractivity contribution in [1.29, 1.82) is 0 Å². The molecular formula is C71H56N2. The summed E-state index contributed by atoms with van der Waals surface area (Å²) >= 11 is 0. The van der Waals surface area contributed by atoms with Gasteiger partial charge in [0.25, 0.3) is 0 Å². The van der Waals surface area contributed by atoms with Gasteiger partial charge in [0.05, 0.1) is 16.7 Å². The van der Waals surface area contributed by atoms with E-state index in [1.54, 1.807) is 11.1 Å². The van der Waals surface area contributed by atoms with Crippen LogP contribution in [0.15, 0.2) is 243 Å². The molecule has 3 fully saturated rings. The highest BCUT2D eigenvalue weighted by Gasteiger charge is 2.60. The van der Waals surface area contributed by atoms with Crippen LogP contribution in [0.3, 0.4) is 0 Å². The van der Waals surface area contributed by atoms with E-state index < -0.39 is 0 Å². The van der Waals surface area contributed by atoms with Crippen molar-refractivity contribution in [2.24, 2.45) is 23.7 Å². The molecule has 3 bridgehead atoms. The summed E-state index contributed by atoms with van der Waals surface area (Å²) in [4.78, 5) is 2.58. The summed E-state index contributed by atoms with van der Waals surface area (Å²) in [6.45, 7) is 0. The molecule has 73 heavy (non-hydrogen) atoms. The van der Waals surface area contributed by atoms with Crippen molar-refractivity contribution in [2.75, 3.05) is 4.90 Å². The molecule has 2 atom stereocenters.